The van der Waals surface area contributed by atoms with Gasteiger partial charge in [-0.2, -0.15) is 0 Å². The van der Waals surface area contributed by atoms with Crippen LogP contribution >= 0.6 is 0 Å². The van der Waals surface area contributed by atoms with Gasteiger partial charge in [0.1, 0.15) is 5.76 Å². The number of aliphatic hydroxyl groups is 1. The SMILES string of the molecule is CN1CCCC(O)(Cc2ccco2)CC1. The van der Waals surface area contributed by atoms with Gasteiger partial charge in [-0.1, -0.05) is 0 Å². The summed E-state index contributed by atoms with van der Waals surface area (Å²) in [4.78, 5) is 2.28. The Bertz CT molecular complexity index is 297. The van der Waals surface area contributed by atoms with Crippen molar-refractivity contribution in [2.45, 2.75) is 31.3 Å². The minimum atomic E-state index is -0.567. The summed E-state index contributed by atoms with van der Waals surface area (Å²) in [6.45, 7) is 2.05. The Balaban J connectivity index is 1.99. The van der Waals surface area contributed by atoms with E-state index in [2.05, 4.69) is 11.9 Å². The highest BCUT2D eigenvalue weighted by Crippen LogP contribution is 2.26. The molecule has 1 N–H and O–H groups in total. The lowest BCUT2D eigenvalue weighted by Crippen LogP contribution is -2.32. The summed E-state index contributed by atoms with van der Waals surface area (Å²) in [7, 11) is 2.11. The molecule has 0 aromatic carbocycles. The maximum atomic E-state index is 10.5. The van der Waals surface area contributed by atoms with Gasteiger partial charge in [0.05, 0.1) is 11.9 Å². The Morgan fingerprint density at radius 3 is 3.07 bits per heavy atom. The molecule has 2 heterocycles. The van der Waals surface area contributed by atoms with Crippen LogP contribution in [-0.4, -0.2) is 35.7 Å². The number of likely N-dealkylation sites (tertiary alicyclic amines) is 1. The Hall–Kier alpha value is -0.800. The van der Waals surface area contributed by atoms with Crippen LogP contribution in [0.5, 0.6) is 0 Å². The van der Waals surface area contributed by atoms with Crippen molar-refractivity contribution in [3.63, 3.8) is 0 Å². The first-order valence-corrected chi connectivity index (χ1v) is 5.61. The standard InChI is InChI=1S/C12H19NO2/c1-13-7-3-5-12(14,6-8-13)10-11-4-2-9-15-11/h2,4,9,14H,3,5-8,10H2,1H3. The van der Waals surface area contributed by atoms with Gasteiger partial charge >= 0.3 is 0 Å². The van der Waals surface area contributed by atoms with Crippen LogP contribution in [0.1, 0.15) is 25.0 Å². The lowest BCUT2D eigenvalue weighted by Gasteiger charge is -2.25. The van der Waals surface area contributed by atoms with Gasteiger partial charge in [-0.05, 0) is 45.0 Å². The molecule has 1 aromatic rings. The normalized spacial score (nSPS) is 28.9. The summed E-state index contributed by atoms with van der Waals surface area (Å²) >= 11 is 0. The molecule has 3 nitrogen and oxygen atoms in total. The fourth-order valence-electron chi connectivity index (χ4n) is 2.23. The zero-order chi connectivity index (χ0) is 10.7. The number of furan rings is 1. The highest BCUT2D eigenvalue weighted by molar-refractivity contribution is 5.03. The van der Waals surface area contributed by atoms with Crippen molar-refractivity contribution in [1.29, 1.82) is 0 Å². The number of hydrogen-bond acceptors (Lipinski definition) is 3. The van der Waals surface area contributed by atoms with Crippen molar-refractivity contribution in [1.82, 2.24) is 4.90 Å². The van der Waals surface area contributed by atoms with E-state index in [4.69, 9.17) is 4.42 Å². The molecular formula is C12H19NO2. The molecule has 1 atom stereocenters. The largest absolute Gasteiger partial charge is 0.469 e. The van der Waals surface area contributed by atoms with Crippen LogP contribution in [0.2, 0.25) is 0 Å². The topological polar surface area (TPSA) is 36.6 Å². The minimum Gasteiger partial charge on any atom is -0.469 e. The quantitative estimate of drug-likeness (QED) is 0.805. The van der Waals surface area contributed by atoms with E-state index < -0.39 is 5.60 Å². The highest BCUT2D eigenvalue weighted by Gasteiger charge is 2.30. The molecule has 0 radical (unpaired) electrons. The smallest absolute Gasteiger partial charge is 0.106 e. The van der Waals surface area contributed by atoms with Crippen LogP contribution in [0.3, 0.4) is 0 Å². The lowest BCUT2D eigenvalue weighted by atomic mass is 9.90. The number of nitrogens with zero attached hydrogens (tertiary/aromatic N) is 1. The van der Waals surface area contributed by atoms with Gasteiger partial charge in [0, 0.05) is 13.0 Å². The van der Waals surface area contributed by atoms with E-state index in [-0.39, 0.29) is 0 Å². The summed E-state index contributed by atoms with van der Waals surface area (Å²) in [6, 6.07) is 3.81. The van der Waals surface area contributed by atoms with E-state index in [0.29, 0.717) is 6.42 Å². The van der Waals surface area contributed by atoms with E-state index in [1.54, 1.807) is 6.26 Å². The fourth-order valence-corrected chi connectivity index (χ4v) is 2.23. The van der Waals surface area contributed by atoms with E-state index in [1.807, 2.05) is 12.1 Å². The van der Waals surface area contributed by atoms with E-state index in [1.165, 1.54) is 0 Å². The zero-order valence-corrected chi connectivity index (χ0v) is 9.28. The second kappa shape index (κ2) is 4.37. The summed E-state index contributed by atoms with van der Waals surface area (Å²) < 4.78 is 5.30. The van der Waals surface area contributed by atoms with Gasteiger partial charge in [-0.3, -0.25) is 0 Å². The predicted octanol–water partition coefficient (Wildman–Crippen LogP) is 1.67. The molecule has 15 heavy (non-hydrogen) atoms. The maximum Gasteiger partial charge on any atom is 0.106 e. The number of hydrogen-bond donors (Lipinski definition) is 1. The van der Waals surface area contributed by atoms with Crippen LogP contribution in [0.25, 0.3) is 0 Å². The average Bonchev–Trinajstić information content (AvgIpc) is 2.61. The van der Waals surface area contributed by atoms with Crippen molar-refractivity contribution < 1.29 is 9.52 Å². The first-order valence-electron chi connectivity index (χ1n) is 5.61. The molecule has 3 heteroatoms. The van der Waals surface area contributed by atoms with Crippen molar-refractivity contribution in [2.24, 2.45) is 0 Å². The van der Waals surface area contributed by atoms with E-state index in [9.17, 15) is 5.11 Å². The van der Waals surface area contributed by atoms with Gasteiger partial charge in [-0.15, -0.1) is 0 Å². The predicted molar refractivity (Wildman–Crippen MR) is 58.7 cm³/mol. The van der Waals surface area contributed by atoms with E-state index in [0.717, 1.165) is 38.1 Å². The molecule has 1 aliphatic rings. The minimum absolute atomic E-state index is 0.567. The van der Waals surface area contributed by atoms with E-state index >= 15 is 0 Å². The zero-order valence-electron chi connectivity index (χ0n) is 9.28. The maximum absolute atomic E-state index is 10.5. The van der Waals surface area contributed by atoms with Gasteiger partial charge in [0.25, 0.3) is 0 Å². The molecule has 1 aromatic heterocycles. The molecule has 84 valence electrons. The van der Waals surface area contributed by atoms with Crippen LogP contribution in [0.15, 0.2) is 22.8 Å². The monoisotopic (exact) mass is 209 g/mol. The molecule has 1 saturated heterocycles. The van der Waals surface area contributed by atoms with Crippen LogP contribution in [0.4, 0.5) is 0 Å². The molecule has 1 fully saturated rings. The first-order chi connectivity index (χ1) is 7.18. The first kappa shape index (κ1) is 10.7. The van der Waals surface area contributed by atoms with Crippen molar-refractivity contribution in [3.05, 3.63) is 24.2 Å². The number of rotatable bonds is 2. The van der Waals surface area contributed by atoms with Crippen molar-refractivity contribution >= 4 is 0 Å². The molecule has 1 unspecified atom stereocenters. The Morgan fingerprint density at radius 1 is 1.47 bits per heavy atom. The van der Waals surface area contributed by atoms with Gasteiger partial charge < -0.3 is 14.4 Å². The average molecular weight is 209 g/mol. The summed E-state index contributed by atoms with van der Waals surface area (Å²) in [5.41, 5.74) is -0.567. The molecule has 1 aliphatic heterocycles. The molecule has 0 aliphatic carbocycles. The van der Waals surface area contributed by atoms with Gasteiger partial charge in [0.2, 0.25) is 0 Å². The third-order valence-corrected chi connectivity index (χ3v) is 3.22. The van der Waals surface area contributed by atoms with Gasteiger partial charge in [-0.25, -0.2) is 0 Å². The summed E-state index contributed by atoms with van der Waals surface area (Å²) in [5, 5.41) is 10.5. The highest BCUT2D eigenvalue weighted by atomic mass is 16.3. The lowest BCUT2D eigenvalue weighted by molar-refractivity contribution is 0.0217. The fraction of sp³-hybridized carbons (Fsp3) is 0.667. The molecule has 0 spiro atoms. The van der Waals surface area contributed by atoms with Crippen LogP contribution < -0.4 is 0 Å². The molecular weight excluding hydrogens is 190 g/mol. The Kier molecular flexibility index (Phi) is 3.12. The Morgan fingerprint density at radius 2 is 2.33 bits per heavy atom. The summed E-state index contributed by atoms with van der Waals surface area (Å²) in [5.74, 6) is 0.891. The van der Waals surface area contributed by atoms with Crippen LogP contribution in [0, 0.1) is 0 Å². The van der Waals surface area contributed by atoms with Crippen molar-refractivity contribution in [2.75, 3.05) is 20.1 Å². The Labute approximate surface area is 90.7 Å². The second-order valence-corrected chi connectivity index (χ2v) is 4.64. The molecule has 0 bridgehead atoms. The third-order valence-electron chi connectivity index (χ3n) is 3.22. The van der Waals surface area contributed by atoms with Crippen LogP contribution in [-0.2, 0) is 6.42 Å². The van der Waals surface area contributed by atoms with Crippen molar-refractivity contribution in [3.8, 4) is 0 Å². The molecule has 0 saturated carbocycles. The third kappa shape index (κ3) is 2.83. The summed E-state index contributed by atoms with van der Waals surface area (Å²) in [6.07, 6.45) is 5.09. The molecule has 2 rings (SSSR count). The van der Waals surface area contributed by atoms with Gasteiger partial charge in [0.15, 0.2) is 0 Å². The second-order valence-electron chi connectivity index (χ2n) is 4.64. The molecule has 0 amide bonds.